The van der Waals surface area contributed by atoms with Gasteiger partial charge < -0.3 is 15.2 Å². The zero-order valence-corrected chi connectivity index (χ0v) is 15.2. The fourth-order valence-corrected chi connectivity index (χ4v) is 3.27. The number of rotatable bonds is 5. The SMILES string of the molecule is CC(C)c1ccccc1NC(=O)[C@@H](C)N1CCN(c2ncc[nH]2)CC1. The molecular weight excluding hydrogens is 314 g/mol. The molecule has 1 amide bonds. The summed E-state index contributed by atoms with van der Waals surface area (Å²) in [6.45, 7) is 9.70. The number of nitrogens with zero attached hydrogens (tertiary/aromatic N) is 3. The monoisotopic (exact) mass is 341 g/mol. The third-order valence-corrected chi connectivity index (χ3v) is 4.87. The summed E-state index contributed by atoms with van der Waals surface area (Å²) in [5.41, 5.74) is 2.09. The van der Waals surface area contributed by atoms with Crippen molar-refractivity contribution >= 4 is 17.5 Å². The molecule has 25 heavy (non-hydrogen) atoms. The van der Waals surface area contributed by atoms with Crippen LogP contribution >= 0.6 is 0 Å². The van der Waals surface area contributed by atoms with Gasteiger partial charge in [0.2, 0.25) is 11.9 Å². The lowest BCUT2D eigenvalue weighted by molar-refractivity contribution is -0.120. The van der Waals surface area contributed by atoms with Crippen LogP contribution in [0, 0.1) is 0 Å². The predicted octanol–water partition coefficient (Wildman–Crippen LogP) is 2.68. The minimum Gasteiger partial charge on any atom is -0.340 e. The summed E-state index contributed by atoms with van der Waals surface area (Å²) in [5.74, 6) is 1.34. The number of carbonyl (C=O) groups excluding carboxylic acids is 1. The molecule has 2 N–H and O–H groups in total. The standard InChI is InChI=1S/C19H27N5O/c1-14(2)16-6-4-5-7-17(16)22-18(25)15(3)23-10-12-24(13-11-23)19-20-8-9-21-19/h4-9,14-15H,10-13H2,1-3H3,(H,20,21)(H,22,25)/t15-/m1/s1. The normalized spacial score (nSPS) is 16.9. The van der Waals surface area contributed by atoms with E-state index in [1.54, 1.807) is 6.20 Å². The summed E-state index contributed by atoms with van der Waals surface area (Å²) in [6, 6.07) is 7.89. The van der Waals surface area contributed by atoms with Crippen LogP contribution in [0.1, 0.15) is 32.3 Å². The Morgan fingerprint density at radius 3 is 2.52 bits per heavy atom. The smallest absolute Gasteiger partial charge is 0.241 e. The van der Waals surface area contributed by atoms with Gasteiger partial charge in [-0.2, -0.15) is 0 Å². The first-order chi connectivity index (χ1) is 12.1. The molecule has 2 heterocycles. The van der Waals surface area contributed by atoms with E-state index in [0.29, 0.717) is 5.92 Å². The highest BCUT2D eigenvalue weighted by Crippen LogP contribution is 2.24. The quantitative estimate of drug-likeness (QED) is 0.878. The van der Waals surface area contributed by atoms with Crippen LogP contribution in [0.3, 0.4) is 0 Å². The van der Waals surface area contributed by atoms with Crippen LogP contribution in [0.15, 0.2) is 36.7 Å². The van der Waals surface area contributed by atoms with Crippen LogP contribution < -0.4 is 10.2 Å². The van der Waals surface area contributed by atoms with Crippen LogP contribution in [0.4, 0.5) is 11.6 Å². The van der Waals surface area contributed by atoms with Crippen LogP contribution in [-0.4, -0.2) is 53.0 Å². The van der Waals surface area contributed by atoms with Gasteiger partial charge in [-0.15, -0.1) is 0 Å². The molecule has 3 rings (SSSR count). The average molecular weight is 341 g/mol. The van der Waals surface area contributed by atoms with Crippen molar-refractivity contribution in [1.29, 1.82) is 0 Å². The Morgan fingerprint density at radius 1 is 1.16 bits per heavy atom. The number of benzene rings is 1. The van der Waals surface area contributed by atoms with Crippen molar-refractivity contribution in [2.45, 2.75) is 32.7 Å². The first-order valence-corrected chi connectivity index (χ1v) is 8.94. The zero-order chi connectivity index (χ0) is 17.8. The van der Waals surface area contributed by atoms with Gasteiger partial charge in [0.25, 0.3) is 0 Å². The number of amides is 1. The molecule has 6 heteroatoms. The third-order valence-electron chi connectivity index (χ3n) is 4.87. The molecule has 1 aliphatic rings. The van der Waals surface area contributed by atoms with Gasteiger partial charge in [-0.05, 0) is 24.5 Å². The summed E-state index contributed by atoms with van der Waals surface area (Å²) < 4.78 is 0. The van der Waals surface area contributed by atoms with Crippen molar-refractivity contribution in [2.24, 2.45) is 0 Å². The molecule has 0 saturated carbocycles. The Hall–Kier alpha value is -2.34. The highest BCUT2D eigenvalue weighted by molar-refractivity contribution is 5.95. The Bertz CT molecular complexity index is 690. The predicted molar refractivity (Wildman–Crippen MR) is 101 cm³/mol. The van der Waals surface area contributed by atoms with Gasteiger partial charge in [0.1, 0.15) is 0 Å². The first-order valence-electron chi connectivity index (χ1n) is 8.94. The van der Waals surface area contributed by atoms with Gasteiger partial charge in [-0.3, -0.25) is 9.69 Å². The molecule has 0 unspecified atom stereocenters. The van der Waals surface area contributed by atoms with E-state index in [4.69, 9.17) is 0 Å². The number of nitrogens with one attached hydrogen (secondary N) is 2. The maximum atomic E-state index is 12.7. The van der Waals surface area contributed by atoms with Gasteiger partial charge in [0.15, 0.2) is 0 Å². The van der Waals surface area contributed by atoms with Crippen LogP contribution in [-0.2, 0) is 4.79 Å². The number of carbonyl (C=O) groups is 1. The van der Waals surface area contributed by atoms with E-state index < -0.39 is 0 Å². The van der Waals surface area contributed by atoms with Gasteiger partial charge in [-0.25, -0.2) is 4.98 Å². The Balaban J connectivity index is 1.58. The van der Waals surface area contributed by atoms with Crippen LogP contribution in [0.5, 0.6) is 0 Å². The number of aromatic nitrogens is 2. The maximum Gasteiger partial charge on any atom is 0.241 e. The molecular formula is C19H27N5O. The van der Waals surface area contributed by atoms with E-state index in [0.717, 1.165) is 37.8 Å². The summed E-state index contributed by atoms with van der Waals surface area (Å²) in [7, 11) is 0. The van der Waals surface area contributed by atoms with Crippen molar-refractivity contribution in [1.82, 2.24) is 14.9 Å². The second-order valence-corrected chi connectivity index (χ2v) is 6.84. The topological polar surface area (TPSA) is 64.3 Å². The Labute approximate surface area is 149 Å². The van der Waals surface area contributed by atoms with Gasteiger partial charge >= 0.3 is 0 Å². The first kappa shape index (κ1) is 17.5. The number of aromatic amines is 1. The number of piperazine rings is 1. The molecule has 1 aromatic heterocycles. The number of anilines is 2. The summed E-state index contributed by atoms with van der Waals surface area (Å²) in [6.07, 6.45) is 3.61. The molecule has 0 aliphatic carbocycles. The largest absolute Gasteiger partial charge is 0.340 e. The molecule has 0 bridgehead atoms. The van der Waals surface area contributed by atoms with Crippen LogP contribution in [0.2, 0.25) is 0 Å². The molecule has 0 radical (unpaired) electrons. The minimum absolute atomic E-state index is 0.0551. The van der Waals surface area contributed by atoms with E-state index >= 15 is 0 Å². The number of imidazole rings is 1. The highest BCUT2D eigenvalue weighted by Gasteiger charge is 2.26. The molecule has 1 fully saturated rings. The fourth-order valence-electron chi connectivity index (χ4n) is 3.27. The lowest BCUT2D eigenvalue weighted by Crippen LogP contribution is -2.53. The van der Waals surface area contributed by atoms with Crippen molar-refractivity contribution < 1.29 is 4.79 Å². The summed E-state index contributed by atoms with van der Waals surface area (Å²) in [5, 5.41) is 3.11. The second-order valence-electron chi connectivity index (χ2n) is 6.84. The molecule has 134 valence electrons. The van der Waals surface area contributed by atoms with E-state index in [1.807, 2.05) is 31.3 Å². The number of hydrogen-bond donors (Lipinski definition) is 2. The molecule has 2 aromatic rings. The maximum absolute atomic E-state index is 12.7. The zero-order valence-electron chi connectivity index (χ0n) is 15.2. The van der Waals surface area contributed by atoms with Gasteiger partial charge in [0.05, 0.1) is 6.04 Å². The van der Waals surface area contributed by atoms with Crippen molar-refractivity contribution in [3.05, 3.63) is 42.2 Å². The summed E-state index contributed by atoms with van der Waals surface area (Å²) >= 11 is 0. The molecule has 1 aliphatic heterocycles. The number of hydrogen-bond acceptors (Lipinski definition) is 4. The van der Waals surface area contributed by atoms with E-state index in [9.17, 15) is 4.79 Å². The van der Waals surface area contributed by atoms with E-state index in [1.165, 1.54) is 5.56 Å². The molecule has 1 aromatic carbocycles. The molecule has 0 spiro atoms. The average Bonchev–Trinajstić information content (AvgIpc) is 3.16. The minimum atomic E-state index is -0.154. The fraction of sp³-hybridized carbons (Fsp3) is 0.474. The molecule has 1 atom stereocenters. The number of para-hydroxylation sites is 1. The molecule has 1 saturated heterocycles. The second kappa shape index (κ2) is 7.70. The van der Waals surface area contributed by atoms with Gasteiger partial charge in [-0.1, -0.05) is 32.0 Å². The summed E-state index contributed by atoms with van der Waals surface area (Å²) in [4.78, 5) is 24.6. The lowest BCUT2D eigenvalue weighted by atomic mass is 10.0. The molecule has 6 nitrogen and oxygen atoms in total. The van der Waals surface area contributed by atoms with Crippen molar-refractivity contribution in [2.75, 3.05) is 36.4 Å². The van der Waals surface area contributed by atoms with Crippen molar-refractivity contribution in [3.63, 3.8) is 0 Å². The van der Waals surface area contributed by atoms with Crippen molar-refractivity contribution in [3.8, 4) is 0 Å². The lowest BCUT2D eigenvalue weighted by Gasteiger charge is -2.37. The van der Waals surface area contributed by atoms with Gasteiger partial charge in [0, 0.05) is 44.3 Å². The van der Waals surface area contributed by atoms with E-state index in [2.05, 4.69) is 45.0 Å². The Morgan fingerprint density at radius 2 is 1.88 bits per heavy atom. The van der Waals surface area contributed by atoms with Crippen LogP contribution in [0.25, 0.3) is 0 Å². The Kier molecular flexibility index (Phi) is 5.38. The number of H-pyrrole nitrogens is 1. The van der Waals surface area contributed by atoms with E-state index in [-0.39, 0.29) is 11.9 Å². The third kappa shape index (κ3) is 4.02. The highest BCUT2D eigenvalue weighted by atomic mass is 16.2.